The summed E-state index contributed by atoms with van der Waals surface area (Å²) in [5, 5.41) is 0. The fourth-order valence-corrected chi connectivity index (χ4v) is 1.55. The van der Waals surface area contributed by atoms with Crippen LogP contribution >= 0.6 is 0 Å². The van der Waals surface area contributed by atoms with Gasteiger partial charge in [0.15, 0.2) is 0 Å². The van der Waals surface area contributed by atoms with Crippen LogP contribution in [0.2, 0.25) is 0 Å². The van der Waals surface area contributed by atoms with Crippen LogP contribution in [0.5, 0.6) is 0 Å². The predicted molar refractivity (Wildman–Crippen MR) is 48.0 cm³/mol. The fourth-order valence-electron chi connectivity index (χ4n) is 1.55. The third-order valence-corrected chi connectivity index (χ3v) is 2.48. The van der Waals surface area contributed by atoms with E-state index in [1.54, 1.807) is 0 Å². The molecule has 0 spiro atoms. The monoisotopic (exact) mass is 170 g/mol. The van der Waals surface area contributed by atoms with Crippen molar-refractivity contribution >= 4 is 6.29 Å². The highest BCUT2D eigenvalue weighted by Crippen LogP contribution is 2.31. The molecule has 0 aromatic heterocycles. The molecule has 1 aliphatic heterocycles. The molecule has 12 heavy (non-hydrogen) atoms. The number of carbonyl (C=O) groups is 1. The number of carbonyl (C=O) groups excluding carboxylic acids is 1. The molecule has 1 heterocycles. The summed E-state index contributed by atoms with van der Waals surface area (Å²) >= 11 is 0. The van der Waals surface area contributed by atoms with E-state index in [-0.39, 0.29) is 17.4 Å². The lowest BCUT2D eigenvalue weighted by Crippen LogP contribution is -2.36. The predicted octanol–water partition coefficient (Wildman–Crippen LogP) is 2.03. The molecule has 1 aliphatic rings. The van der Waals surface area contributed by atoms with Crippen LogP contribution in [0.3, 0.4) is 0 Å². The standard InChI is InChI=1S/C10H18O2/c1-10(2,3)9-6-8(7-11)4-5-12-9/h7-9H,4-6H2,1-3H3/t8-,9+/m1/s1. The van der Waals surface area contributed by atoms with Crippen LogP contribution in [0, 0.1) is 11.3 Å². The molecule has 1 fully saturated rings. The molecule has 0 N–H and O–H groups in total. The topological polar surface area (TPSA) is 26.3 Å². The Morgan fingerprint density at radius 3 is 2.58 bits per heavy atom. The molecule has 70 valence electrons. The van der Waals surface area contributed by atoms with Gasteiger partial charge >= 0.3 is 0 Å². The third kappa shape index (κ3) is 2.31. The van der Waals surface area contributed by atoms with Gasteiger partial charge in [0, 0.05) is 12.5 Å². The summed E-state index contributed by atoms with van der Waals surface area (Å²) in [5.74, 6) is 0.225. The van der Waals surface area contributed by atoms with Crippen LogP contribution in [-0.2, 0) is 9.53 Å². The molecule has 0 aromatic carbocycles. The summed E-state index contributed by atoms with van der Waals surface area (Å²) in [4.78, 5) is 10.6. The first-order valence-electron chi connectivity index (χ1n) is 4.61. The zero-order valence-electron chi connectivity index (χ0n) is 8.17. The second-order valence-electron chi connectivity index (χ2n) is 4.65. The number of ether oxygens (including phenoxy) is 1. The maximum Gasteiger partial charge on any atom is 0.123 e. The molecule has 2 nitrogen and oxygen atoms in total. The Morgan fingerprint density at radius 2 is 2.08 bits per heavy atom. The van der Waals surface area contributed by atoms with Crippen molar-refractivity contribution in [3.05, 3.63) is 0 Å². The van der Waals surface area contributed by atoms with E-state index >= 15 is 0 Å². The Hall–Kier alpha value is -0.370. The summed E-state index contributed by atoms with van der Waals surface area (Å²) in [6.07, 6.45) is 3.12. The maximum absolute atomic E-state index is 10.6. The van der Waals surface area contributed by atoms with Gasteiger partial charge < -0.3 is 9.53 Å². The van der Waals surface area contributed by atoms with Gasteiger partial charge in [0.25, 0.3) is 0 Å². The first-order valence-corrected chi connectivity index (χ1v) is 4.61. The van der Waals surface area contributed by atoms with Crippen LogP contribution in [0.15, 0.2) is 0 Å². The van der Waals surface area contributed by atoms with Gasteiger partial charge in [-0.15, -0.1) is 0 Å². The SMILES string of the molecule is CC(C)(C)[C@@H]1C[C@H](C=O)CCO1. The molecule has 0 amide bonds. The van der Waals surface area contributed by atoms with E-state index in [1.165, 1.54) is 0 Å². The van der Waals surface area contributed by atoms with E-state index < -0.39 is 0 Å². The average Bonchev–Trinajstić information content (AvgIpc) is 2.03. The molecular weight excluding hydrogens is 152 g/mol. The maximum atomic E-state index is 10.6. The molecule has 0 unspecified atom stereocenters. The van der Waals surface area contributed by atoms with Gasteiger partial charge in [-0.05, 0) is 18.3 Å². The average molecular weight is 170 g/mol. The van der Waals surface area contributed by atoms with Gasteiger partial charge in [-0.2, -0.15) is 0 Å². The highest BCUT2D eigenvalue weighted by molar-refractivity contribution is 5.53. The minimum atomic E-state index is 0.168. The minimum absolute atomic E-state index is 0.168. The summed E-state index contributed by atoms with van der Waals surface area (Å²) in [6.45, 7) is 7.21. The summed E-state index contributed by atoms with van der Waals surface area (Å²) in [6, 6.07) is 0. The molecule has 0 radical (unpaired) electrons. The van der Waals surface area contributed by atoms with E-state index in [0.29, 0.717) is 0 Å². The van der Waals surface area contributed by atoms with E-state index in [2.05, 4.69) is 20.8 Å². The second-order valence-corrected chi connectivity index (χ2v) is 4.65. The van der Waals surface area contributed by atoms with Gasteiger partial charge in [0.1, 0.15) is 6.29 Å². The number of aldehydes is 1. The lowest BCUT2D eigenvalue weighted by Gasteiger charge is -2.35. The molecule has 1 rings (SSSR count). The van der Waals surface area contributed by atoms with E-state index in [1.807, 2.05) is 0 Å². The van der Waals surface area contributed by atoms with Crippen molar-refractivity contribution in [1.29, 1.82) is 0 Å². The first kappa shape index (κ1) is 9.72. The Kier molecular flexibility index (Phi) is 2.89. The Balaban J connectivity index is 2.51. The van der Waals surface area contributed by atoms with Gasteiger partial charge in [-0.1, -0.05) is 20.8 Å². The molecule has 1 saturated heterocycles. The van der Waals surface area contributed by atoms with Crippen molar-refractivity contribution < 1.29 is 9.53 Å². The van der Waals surface area contributed by atoms with Crippen molar-refractivity contribution in [2.45, 2.75) is 39.7 Å². The molecular formula is C10H18O2. The second kappa shape index (κ2) is 3.56. The van der Waals surface area contributed by atoms with Crippen LogP contribution in [0.1, 0.15) is 33.6 Å². The highest BCUT2D eigenvalue weighted by atomic mass is 16.5. The lowest BCUT2D eigenvalue weighted by molar-refractivity contribution is -0.119. The zero-order valence-corrected chi connectivity index (χ0v) is 8.17. The molecule has 0 aliphatic carbocycles. The van der Waals surface area contributed by atoms with Crippen LogP contribution in [-0.4, -0.2) is 19.0 Å². The molecule has 0 aromatic rings. The largest absolute Gasteiger partial charge is 0.378 e. The summed E-state index contributed by atoms with van der Waals surface area (Å²) in [7, 11) is 0. The first-order chi connectivity index (χ1) is 5.54. The van der Waals surface area contributed by atoms with E-state index in [4.69, 9.17) is 4.74 Å². The molecule has 2 atom stereocenters. The molecule has 0 saturated carbocycles. The van der Waals surface area contributed by atoms with Crippen molar-refractivity contribution in [2.24, 2.45) is 11.3 Å². The van der Waals surface area contributed by atoms with E-state index in [0.717, 1.165) is 25.7 Å². The Labute approximate surface area is 74.3 Å². The normalized spacial score (nSPS) is 31.6. The molecule has 0 bridgehead atoms. The fraction of sp³-hybridized carbons (Fsp3) is 0.900. The van der Waals surface area contributed by atoms with Gasteiger partial charge in [0.05, 0.1) is 6.10 Å². The smallest absolute Gasteiger partial charge is 0.123 e. The zero-order chi connectivity index (χ0) is 9.19. The minimum Gasteiger partial charge on any atom is -0.378 e. The number of rotatable bonds is 1. The van der Waals surface area contributed by atoms with E-state index in [9.17, 15) is 4.79 Å². The molecule has 2 heteroatoms. The lowest BCUT2D eigenvalue weighted by atomic mass is 9.81. The number of hydrogen-bond donors (Lipinski definition) is 0. The Morgan fingerprint density at radius 1 is 1.42 bits per heavy atom. The Bertz CT molecular complexity index is 158. The van der Waals surface area contributed by atoms with Crippen molar-refractivity contribution in [3.63, 3.8) is 0 Å². The summed E-state index contributed by atoms with van der Waals surface area (Å²) < 4.78 is 5.62. The van der Waals surface area contributed by atoms with Crippen LogP contribution in [0.25, 0.3) is 0 Å². The van der Waals surface area contributed by atoms with Gasteiger partial charge in [-0.3, -0.25) is 0 Å². The van der Waals surface area contributed by atoms with Crippen LogP contribution in [0.4, 0.5) is 0 Å². The summed E-state index contributed by atoms with van der Waals surface area (Å²) in [5.41, 5.74) is 0.168. The van der Waals surface area contributed by atoms with Crippen molar-refractivity contribution in [3.8, 4) is 0 Å². The quantitative estimate of drug-likeness (QED) is 0.563. The van der Waals surface area contributed by atoms with Gasteiger partial charge in [-0.25, -0.2) is 0 Å². The highest BCUT2D eigenvalue weighted by Gasteiger charge is 2.31. The van der Waals surface area contributed by atoms with Crippen molar-refractivity contribution in [1.82, 2.24) is 0 Å². The van der Waals surface area contributed by atoms with Gasteiger partial charge in [0.2, 0.25) is 0 Å². The third-order valence-electron chi connectivity index (χ3n) is 2.48. The number of hydrogen-bond acceptors (Lipinski definition) is 2. The van der Waals surface area contributed by atoms with Crippen molar-refractivity contribution in [2.75, 3.05) is 6.61 Å². The van der Waals surface area contributed by atoms with Crippen LogP contribution < -0.4 is 0 Å².